The summed E-state index contributed by atoms with van der Waals surface area (Å²) in [5.41, 5.74) is 0. The Morgan fingerprint density at radius 3 is 2.33 bits per heavy atom. The minimum Gasteiger partial charge on any atom is -0.354 e. The second-order valence-corrected chi connectivity index (χ2v) is 8.69. The molecule has 0 atom stereocenters. The van der Waals surface area contributed by atoms with E-state index in [0.717, 1.165) is 12.1 Å². The van der Waals surface area contributed by atoms with E-state index < -0.39 is 15.8 Å². The van der Waals surface area contributed by atoms with Crippen LogP contribution in [0.25, 0.3) is 0 Å². The van der Waals surface area contributed by atoms with Crippen molar-refractivity contribution in [2.24, 2.45) is 5.92 Å². The van der Waals surface area contributed by atoms with Gasteiger partial charge in [0.25, 0.3) is 0 Å². The van der Waals surface area contributed by atoms with Gasteiger partial charge in [0.05, 0.1) is 4.90 Å². The maximum Gasteiger partial charge on any atom is 0.240 e. The van der Waals surface area contributed by atoms with Gasteiger partial charge >= 0.3 is 0 Å². The Kier molecular flexibility index (Phi) is 7.32. The third kappa shape index (κ3) is 6.28. The zero-order valence-electron chi connectivity index (χ0n) is 15.6. The molecular formula is C18H26FN3O4S. The van der Waals surface area contributed by atoms with Crippen molar-refractivity contribution in [2.45, 2.75) is 44.0 Å². The maximum absolute atomic E-state index is 12.9. The SMILES string of the molecule is CC(C)NC(=O)C1CCN(C(=O)CCNS(=O)(=O)c2ccc(F)cc2)CC1. The maximum atomic E-state index is 12.9. The zero-order chi connectivity index (χ0) is 20.0. The van der Waals surface area contributed by atoms with Crippen LogP contribution in [-0.4, -0.2) is 50.8 Å². The fourth-order valence-corrected chi connectivity index (χ4v) is 3.97. The highest BCUT2D eigenvalue weighted by molar-refractivity contribution is 7.89. The number of carbonyl (C=O) groups is 2. The molecule has 150 valence electrons. The number of carbonyl (C=O) groups excluding carboxylic acids is 2. The molecule has 2 N–H and O–H groups in total. The van der Waals surface area contributed by atoms with Crippen LogP contribution in [0.15, 0.2) is 29.2 Å². The summed E-state index contributed by atoms with van der Waals surface area (Å²) in [7, 11) is -3.78. The normalized spacial score (nSPS) is 15.8. The second kappa shape index (κ2) is 9.27. The molecule has 1 fully saturated rings. The number of piperidine rings is 1. The van der Waals surface area contributed by atoms with Gasteiger partial charge in [-0.25, -0.2) is 17.5 Å². The van der Waals surface area contributed by atoms with Gasteiger partial charge in [0.1, 0.15) is 5.82 Å². The van der Waals surface area contributed by atoms with Crippen LogP contribution in [0.5, 0.6) is 0 Å². The van der Waals surface area contributed by atoms with E-state index in [4.69, 9.17) is 0 Å². The van der Waals surface area contributed by atoms with Gasteiger partial charge in [0, 0.05) is 38.0 Å². The lowest BCUT2D eigenvalue weighted by atomic mass is 9.95. The Labute approximate surface area is 159 Å². The molecule has 2 rings (SSSR count). The number of hydrogen-bond acceptors (Lipinski definition) is 4. The average molecular weight is 399 g/mol. The minimum atomic E-state index is -3.78. The third-order valence-corrected chi connectivity index (χ3v) is 5.88. The highest BCUT2D eigenvalue weighted by atomic mass is 32.2. The summed E-state index contributed by atoms with van der Waals surface area (Å²) in [4.78, 5) is 25.9. The fourth-order valence-electron chi connectivity index (χ4n) is 2.94. The average Bonchev–Trinajstić information content (AvgIpc) is 2.61. The zero-order valence-corrected chi connectivity index (χ0v) is 16.4. The first-order valence-corrected chi connectivity index (χ1v) is 10.5. The summed E-state index contributed by atoms with van der Waals surface area (Å²) in [5.74, 6) is -0.744. The van der Waals surface area contributed by atoms with Crippen LogP contribution in [0.1, 0.15) is 33.1 Å². The summed E-state index contributed by atoms with van der Waals surface area (Å²) in [6.07, 6.45) is 1.24. The van der Waals surface area contributed by atoms with Crippen molar-refractivity contribution in [3.63, 3.8) is 0 Å². The lowest BCUT2D eigenvalue weighted by Gasteiger charge is -2.31. The van der Waals surface area contributed by atoms with Crippen LogP contribution in [-0.2, 0) is 19.6 Å². The van der Waals surface area contributed by atoms with E-state index in [1.807, 2.05) is 13.8 Å². The molecule has 1 heterocycles. The van der Waals surface area contributed by atoms with Crippen LogP contribution < -0.4 is 10.0 Å². The topological polar surface area (TPSA) is 95.6 Å². The Bertz CT molecular complexity index is 757. The molecule has 27 heavy (non-hydrogen) atoms. The van der Waals surface area contributed by atoms with Crippen LogP contribution in [0, 0.1) is 11.7 Å². The number of halogens is 1. The fraction of sp³-hybridized carbons (Fsp3) is 0.556. The van der Waals surface area contributed by atoms with E-state index in [1.54, 1.807) is 4.90 Å². The molecule has 0 spiro atoms. The monoisotopic (exact) mass is 399 g/mol. The van der Waals surface area contributed by atoms with Gasteiger partial charge in [-0.2, -0.15) is 0 Å². The quantitative estimate of drug-likeness (QED) is 0.722. The summed E-state index contributed by atoms with van der Waals surface area (Å²) in [6, 6.07) is 4.57. The van der Waals surface area contributed by atoms with Gasteiger partial charge in [0.2, 0.25) is 21.8 Å². The van der Waals surface area contributed by atoms with Crippen molar-refractivity contribution in [1.29, 1.82) is 0 Å². The molecule has 0 aromatic heterocycles. The number of nitrogens with one attached hydrogen (secondary N) is 2. The molecule has 1 saturated heterocycles. The predicted octanol–water partition coefficient (Wildman–Crippen LogP) is 1.26. The molecule has 1 aliphatic heterocycles. The molecule has 1 aromatic carbocycles. The van der Waals surface area contributed by atoms with Gasteiger partial charge in [-0.15, -0.1) is 0 Å². The van der Waals surface area contributed by atoms with Gasteiger partial charge in [0.15, 0.2) is 0 Å². The van der Waals surface area contributed by atoms with E-state index in [-0.39, 0.29) is 41.6 Å². The Morgan fingerprint density at radius 2 is 1.78 bits per heavy atom. The first kappa shape index (κ1) is 21.3. The third-order valence-electron chi connectivity index (χ3n) is 4.40. The largest absolute Gasteiger partial charge is 0.354 e. The molecule has 0 unspecified atom stereocenters. The summed E-state index contributed by atoms with van der Waals surface area (Å²) >= 11 is 0. The molecule has 0 aliphatic carbocycles. The van der Waals surface area contributed by atoms with Crippen molar-refractivity contribution in [3.05, 3.63) is 30.1 Å². The van der Waals surface area contributed by atoms with Crippen LogP contribution >= 0.6 is 0 Å². The number of benzene rings is 1. The van der Waals surface area contributed by atoms with Gasteiger partial charge in [-0.05, 0) is 51.0 Å². The first-order chi connectivity index (χ1) is 12.7. The molecule has 0 bridgehead atoms. The molecule has 7 nitrogen and oxygen atoms in total. The highest BCUT2D eigenvalue weighted by Gasteiger charge is 2.27. The van der Waals surface area contributed by atoms with E-state index >= 15 is 0 Å². The summed E-state index contributed by atoms with van der Waals surface area (Å²) in [6.45, 7) is 4.75. The molecule has 0 saturated carbocycles. The molecule has 9 heteroatoms. The smallest absolute Gasteiger partial charge is 0.240 e. The minimum absolute atomic E-state index is 0.0177. The second-order valence-electron chi connectivity index (χ2n) is 6.92. The van der Waals surface area contributed by atoms with Crippen molar-refractivity contribution < 1.29 is 22.4 Å². The predicted molar refractivity (Wildman–Crippen MR) is 98.8 cm³/mol. The van der Waals surface area contributed by atoms with Crippen molar-refractivity contribution in [2.75, 3.05) is 19.6 Å². The Hall–Kier alpha value is -2.00. The van der Waals surface area contributed by atoms with Gasteiger partial charge in [-0.3, -0.25) is 9.59 Å². The number of likely N-dealkylation sites (tertiary alicyclic amines) is 1. The Balaban J connectivity index is 1.76. The molecule has 0 radical (unpaired) electrons. The Morgan fingerprint density at radius 1 is 1.19 bits per heavy atom. The lowest BCUT2D eigenvalue weighted by molar-refractivity contribution is -0.135. The van der Waals surface area contributed by atoms with Gasteiger partial charge in [-0.1, -0.05) is 0 Å². The number of hydrogen-bond donors (Lipinski definition) is 2. The molecule has 2 amide bonds. The van der Waals surface area contributed by atoms with Crippen molar-refractivity contribution in [3.8, 4) is 0 Å². The van der Waals surface area contributed by atoms with E-state index in [0.29, 0.717) is 25.9 Å². The summed E-state index contributed by atoms with van der Waals surface area (Å²) < 4.78 is 39.4. The number of rotatable bonds is 7. The van der Waals surface area contributed by atoms with Crippen LogP contribution in [0.4, 0.5) is 4.39 Å². The molecular weight excluding hydrogens is 373 g/mol. The lowest BCUT2D eigenvalue weighted by Crippen LogP contribution is -2.44. The standard InChI is InChI=1S/C18H26FN3O4S/c1-13(2)21-18(24)14-8-11-22(12-9-14)17(23)7-10-20-27(25,26)16-5-3-15(19)4-6-16/h3-6,13-14,20H,7-12H2,1-2H3,(H,21,24). The number of amides is 2. The molecule has 1 aliphatic rings. The highest BCUT2D eigenvalue weighted by Crippen LogP contribution is 2.18. The number of sulfonamides is 1. The van der Waals surface area contributed by atoms with Crippen LogP contribution in [0.2, 0.25) is 0 Å². The van der Waals surface area contributed by atoms with Crippen molar-refractivity contribution in [1.82, 2.24) is 14.9 Å². The summed E-state index contributed by atoms with van der Waals surface area (Å²) in [5, 5.41) is 2.88. The van der Waals surface area contributed by atoms with Crippen molar-refractivity contribution >= 4 is 21.8 Å². The van der Waals surface area contributed by atoms with Crippen LogP contribution in [0.3, 0.4) is 0 Å². The van der Waals surface area contributed by atoms with E-state index in [2.05, 4.69) is 10.0 Å². The molecule has 1 aromatic rings. The van der Waals surface area contributed by atoms with E-state index in [1.165, 1.54) is 12.1 Å². The first-order valence-electron chi connectivity index (χ1n) is 9.02. The van der Waals surface area contributed by atoms with Gasteiger partial charge < -0.3 is 10.2 Å². The van der Waals surface area contributed by atoms with E-state index in [9.17, 15) is 22.4 Å². The number of nitrogens with zero attached hydrogens (tertiary/aromatic N) is 1.